The van der Waals surface area contributed by atoms with Crippen LogP contribution in [0, 0.1) is 11.6 Å². The zero-order valence-corrected chi connectivity index (χ0v) is 24.7. The first-order valence-electron chi connectivity index (χ1n) is 14.9. The van der Waals surface area contributed by atoms with Crippen LogP contribution in [0.5, 0.6) is 11.5 Å². The number of hydrogen-bond donors (Lipinski definition) is 0. The zero-order valence-electron chi connectivity index (χ0n) is 23.9. The first kappa shape index (κ1) is 30.0. The first-order chi connectivity index (χ1) is 19.6. The molecule has 0 spiro atoms. The number of aromatic nitrogens is 2. The summed E-state index contributed by atoms with van der Waals surface area (Å²) in [6, 6.07) is 11.1. The number of fused-ring (bicyclic) bond motifs is 1. The number of nitrogens with zero attached hydrogens (tertiary/aromatic N) is 2. The number of benzene rings is 2. The predicted octanol–water partition coefficient (Wildman–Crippen LogP) is 10.5. The molecular weight excluding hydrogens is 526 g/mol. The van der Waals surface area contributed by atoms with Crippen LogP contribution in [-0.4, -0.2) is 22.6 Å². The Morgan fingerprint density at radius 1 is 0.700 bits per heavy atom. The average molecular weight is 569 g/mol. The number of thiazole rings is 1. The first-order valence-corrected chi connectivity index (χ1v) is 15.7. The molecular formula is C33H42F2N2O2S. The van der Waals surface area contributed by atoms with Crippen molar-refractivity contribution in [2.75, 3.05) is 13.2 Å². The van der Waals surface area contributed by atoms with E-state index in [4.69, 9.17) is 14.5 Å². The van der Waals surface area contributed by atoms with Crippen molar-refractivity contribution in [2.24, 2.45) is 0 Å². The second-order valence-corrected chi connectivity index (χ2v) is 11.4. The Balaban J connectivity index is 1.31. The van der Waals surface area contributed by atoms with Gasteiger partial charge in [0, 0.05) is 23.5 Å². The number of imidazole rings is 1. The van der Waals surface area contributed by atoms with E-state index in [9.17, 15) is 8.78 Å². The molecule has 216 valence electrons. The number of hydrogen-bond acceptors (Lipinski definition) is 4. The number of unbranched alkanes of at least 4 members (excludes halogenated alkanes) is 10. The molecule has 0 bridgehead atoms. The Labute approximate surface area is 241 Å². The van der Waals surface area contributed by atoms with Gasteiger partial charge in [-0.1, -0.05) is 89.4 Å². The SMILES string of the molecule is CCCCCCCCOc1ccc(-c2cn3cc(-c4ccc(OCCCCCCCC)c(F)c4F)sc3n2)cc1. The van der Waals surface area contributed by atoms with Crippen LogP contribution in [0.15, 0.2) is 48.8 Å². The highest BCUT2D eigenvalue weighted by molar-refractivity contribution is 7.20. The summed E-state index contributed by atoms with van der Waals surface area (Å²) in [5, 5.41) is 0. The van der Waals surface area contributed by atoms with Crippen LogP contribution < -0.4 is 9.47 Å². The predicted molar refractivity (Wildman–Crippen MR) is 162 cm³/mol. The smallest absolute Gasteiger partial charge is 0.201 e. The summed E-state index contributed by atoms with van der Waals surface area (Å²) in [5.74, 6) is -0.994. The van der Waals surface area contributed by atoms with Gasteiger partial charge in [0.1, 0.15) is 5.75 Å². The van der Waals surface area contributed by atoms with Crippen LogP contribution in [0.4, 0.5) is 8.78 Å². The van der Waals surface area contributed by atoms with E-state index in [1.807, 2.05) is 34.9 Å². The lowest BCUT2D eigenvalue weighted by atomic mass is 10.1. The van der Waals surface area contributed by atoms with Crippen LogP contribution in [0.1, 0.15) is 90.9 Å². The Morgan fingerprint density at radius 3 is 1.98 bits per heavy atom. The minimum absolute atomic E-state index is 0.0298. The van der Waals surface area contributed by atoms with Crippen molar-refractivity contribution < 1.29 is 18.3 Å². The molecule has 0 radical (unpaired) electrons. The highest BCUT2D eigenvalue weighted by Crippen LogP contribution is 2.35. The minimum atomic E-state index is -0.936. The molecule has 2 heterocycles. The van der Waals surface area contributed by atoms with Gasteiger partial charge in [-0.05, 0) is 49.2 Å². The Bertz CT molecular complexity index is 1280. The van der Waals surface area contributed by atoms with Gasteiger partial charge in [-0.25, -0.2) is 9.37 Å². The second-order valence-electron chi connectivity index (χ2n) is 10.4. The molecule has 2 aromatic carbocycles. The van der Waals surface area contributed by atoms with Crippen molar-refractivity contribution in [1.29, 1.82) is 0 Å². The van der Waals surface area contributed by atoms with E-state index in [2.05, 4.69) is 13.8 Å². The van der Waals surface area contributed by atoms with Gasteiger partial charge in [0.2, 0.25) is 5.82 Å². The Morgan fingerprint density at radius 2 is 1.32 bits per heavy atom. The van der Waals surface area contributed by atoms with Crippen LogP contribution in [0.2, 0.25) is 0 Å². The molecule has 0 aliphatic carbocycles. The molecule has 0 N–H and O–H groups in total. The van der Waals surface area contributed by atoms with E-state index >= 15 is 0 Å². The summed E-state index contributed by atoms with van der Waals surface area (Å²) in [6.07, 6.45) is 17.8. The summed E-state index contributed by atoms with van der Waals surface area (Å²) in [4.78, 5) is 6.05. The van der Waals surface area contributed by atoms with Gasteiger partial charge >= 0.3 is 0 Å². The van der Waals surface area contributed by atoms with Crippen LogP contribution in [0.25, 0.3) is 26.7 Å². The fourth-order valence-corrected chi connectivity index (χ4v) is 5.74. The summed E-state index contributed by atoms with van der Waals surface area (Å²) < 4.78 is 43.0. The van der Waals surface area contributed by atoms with E-state index in [1.54, 1.807) is 12.3 Å². The van der Waals surface area contributed by atoms with E-state index < -0.39 is 11.6 Å². The highest BCUT2D eigenvalue weighted by atomic mass is 32.1. The molecule has 40 heavy (non-hydrogen) atoms. The van der Waals surface area contributed by atoms with Gasteiger partial charge in [-0.3, -0.25) is 4.40 Å². The van der Waals surface area contributed by atoms with Gasteiger partial charge in [-0.15, -0.1) is 0 Å². The lowest BCUT2D eigenvalue weighted by Gasteiger charge is -2.09. The standard InChI is InChI=1S/C33H42F2N2O2S/c1-3-5-7-9-11-13-21-38-26-17-15-25(16-18-26)28-23-37-24-30(40-33(37)36-28)27-19-20-29(32(35)31(27)34)39-22-14-12-10-8-6-4-2/h15-20,23-24H,3-14,21-22H2,1-2H3. The van der Waals surface area contributed by atoms with E-state index in [0.717, 1.165) is 54.3 Å². The molecule has 0 fully saturated rings. The van der Waals surface area contributed by atoms with Crippen LogP contribution in [0.3, 0.4) is 0 Å². The van der Waals surface area contributed by atoms with Crippen molar-refractivity contribution in [2.45, 2.75) is 90.9 Å². The fraction of sp³-hybridized carbons (Fsp3) is 0.485. The normalized spacial score (nSPS) is 11.4. The maximum Gasteiger partial charge on any atom is 0.201 e. The largest absolute Gasteiger partial charge is 0.494 e. The maximum atomic E-state index is 15.0. The molecule has 0 aliphatic rings. The second kappa shape index (κ2) is 15.8. The van der Waals surface area contributed by atoms with E-state index in [-0.39, 0.29) is 11.3 Å². The molecule has 0 unspecified atom stereocenters. The van der Waals surface area contributed by atoms with E-state index in [1.165, 1.54) is 68.8 Å². The molecule has 4 nitrogen and oxygen atoms in total. The topological polar surface area (TPSA) is 35.8 Å². The third-order valence-electron chi connectivity index (χ3n) is 7.14. The molecule has 0 saturated heterocycles. The number of rotatable bonds is 18. The number of ether oxygens (including phenoxy) is 2. The van der Waals surface area contributed by atoms with Crippen LogP contribution >= 0.6 is 11.3 Å². The zero-order chi connectivity index (χ0) is 28.2. The van der Waals surface area contributed by atoms with Crippen LogP contribution in [-0.2, 0) is 0 Å². The fourth-order valence-electron chi connectivity index (χ4n) is 4.75. The molecule has 0 amide bonds. The quantitative estimate of drug-likeness (QED) is 0.112. The summed E-state index contributed by atoms with van der Waals surface area (Å²) in [5.41, 5.74) is 2.02. The lowest BCUT2D eigenvalue weighted by molar-refractivity contribution is 0.285. The summed E-state index contributed by atoms with van der Waals surface area (Å²) in [6.45, 7) is 5.54. The van der Waals surface area contributed by atoms with Gasteiger partial charge in [0.25, 0.3) is 0 Å². The number of halogens is 2. The highest BCUT2D eigenvalue weighted by Gasteiger charge is 2.18. The summed E-state index contributed by atoms with van der Waals surface area (Å²) >= 11 is 1.33. The molecule has 4 rings (SSSR count). The van der Waals surface area contributed by atoms with Crippen molar-refractivity contribution in [1.82, 2.24) is 9.38 Å². The Kier molecular flexibility index (Phi) is 11.8. The maximum absolute atomic E-state index is 15.0. The molecule has 7 heteroatoms. The van der Waals surface area contributed by atoms with Gasteiger partial charge in [0.05, 0.1) is 23.8 Å². The van der Waals surface area contributed by atoms with Gasteiger partial charge in [0.15, 0.2) is 16.5 Å². The summed E-state index contributed by atoms with van der Waals surface area (Å²) in [7, 11) is 0. The average Bonchev–Trinajstić information content (AvgIpc) is 3.54. The monoisotopic (exact) mass is 568 g/mol. The van der Waals surface area contributed by atoms with Crippen molar-refractivity contribution in [3.8, 4) is 33.2 Å². The molecule has 4 aromatic rings. The van der Waals surface area contributed by atoms with E-state index in [0.29, 0.717) is 11.5 Å². The third-order valence-corrected chi connectivity index (χ3v) is 8.17. The lowest BCUT2D eigenvalue weighted by Crippen LogP contribution is -2.01. The van der Waals surface area contributed by atoms with Crippen molar-refractivity contribution in [3.05, 3.63) is 60.4 Å². The van der Waals surface area contributed by atoms with Crippen molar-refractivity contribution >= 4 is 16.3 Å². The molecule has 0 aliphatic heterocycles. The Hall–Kier alpha value is -2.93. The van der Waals surface area contributed by atoms with Gasteiger partial charge in [-0.2, -0.15) is 4.39 Å². The molecule has 0 saturated carbocycles. The molecule has 2 aromatic heterocycles. The van der Waals surface area contributed by atoms with Gasteiger partial charge < -0.3 is 9.47 Å². The third kappa shape index (κ3) is 8.29. The molecule has 0 atom stereocenters. The minimum Gasteiger partial charge on any atom is -0.494 e. The van der Waals surface area contributed by atoms with Crippen molar-refractivity contribution in [3.63, 3.8) is 0 Å².